The van der Waals surface area contributed by atoms with Crippen molar-refractivity contribution in [3.63, 3.8) is 0 Å². The van der Waals surface area contributed by atoms with E-state index in [2.05, 4.69) is 18.0 Å². The standard InChI is InChI=1S/C11H14N2/c1-8-4-10(5-8)6-9-2-3-11(12)13-7-9/h2-3,6-8H,4-5H2,1H3,(H2,12,13). The Labute approximate surface area is 78.5 Å². The highest BCUT2D eigenvalue weighted by molar-refractivity contribution is 5.54. The Hall–Kier alpha value is -1.31. The van der Waals surface area contributed by atoms with Crippen LogP contribution in [0, 0.1) is 5.92 Å². The van der Waals surface area contributed by atoms with Crippen LogP contribution in [-0.2, 0) is 0 Å². The van der Waals surface area contributed by atoms with Crippen molar-refractivity contribution in [2.45, 2.75) is 19.8 Å². The quantitative estimate of drug-likeness (QED) is 0.710. The Balaban J connectivity index is 2.10. The van der Waals surface area contributed by atoms with E-state index < -0.39 is 0 Å². The molecule has 2 nitrogen and oxygen atoms in total. The van der Waals surface area contributed by atoms with E-state index in [4.69, 9.17) is 5.73 Å². The molecule has 1 saturated carbocycles. The fourth-order valence-electron chi connectivity index (χ4n) is 1.69. The van der Waals surface area contributed by atoms with Crippen LogP contribution in [0.1, 0.15) is 25.3 Å². The molecule has 0 atom stereocenters. The van der Waals surface area contributed by atoms with Gasteiger partial charge >= 0.3 is 0 Å². The molecule has 1 aliphatic rings. The van der Waals surface area contributed by atoms with Crippen molar-refractivity contribution in [1.29, 1.82) is 0 Å². The van der Waals surface area contributed by atoms with E-state index in [9.17, 15) is 0 Å². The average molecular weight is 174 g/mol. The molecule has 13 heavy (non-hydrogen) atoms. The Bertz CT molecular complexity index is 316. The second-order valence-electron chi connectivity index (χ2n) is 3.83. The van der Waals surface area contributed by atoms with Crippen molar-refractivity contribution >= 4 is 11.9 Å². The second kappa shape index (κ2) is 3.21. The highest BCUT2D eigenvalue weighted by atomic mass is 14.8. The monoisotopic (exact) mass is 174 g/mol. The number of rotatable bonds is 1. The van der Waals surface area contributed by atoms with Crippen LogP contribution in [0.2, 0.25) is 0 Å². The lowest BCUT2D eigenvalue weighted by atomic mass is 9.81. The minimum atomic E-state index is 0.587. The first-order valence-corrected chi connectivity index (χ1v) is 4.65. The van der Waals surface area contributed by atoms with Gasteiger partial charge in [-0.3, -0.25) is 0 Å². The Kier molecular flexibility index (Phi) is 2.05. The van der Waals surface area contributed by atoms with Gasteiger partial charge in [-0.05, 0) is 36.5 Å². The van der Waals surface area contributed by atoms with Gasteiger partial charge in [0.2, 0.25) is 0 Å². The van der Waals surface area contributed by atoms with Crippen LogP contribution in [0.25, 0.3) is 6.08 Å². The molecule has 68 valence electrons. The van der Waals surface area contributed by atoms with Gasteiger partial charge in [0, 0.05) is 6.20 Å². The highest BCUT2D eigenvalue weighted by Gasteiger charge is 2.17. The topological polar surface area (TPSA) is 38.9 Å². The number of pyridine rings is 1. The van der Waals surface area contributed by atoms with Crippen molar-refractivity contribution in [2.75, 3.05) is 5.73 Å². The molecule has 0 radical (unpaired) electrons. The van der Waals surface area contributed by atoms with Crippen LogP contribution in [0.5, 0.6) is 0 Å². The summed E-state index contributed by atoms with van der Waals surface area (Å²) < 4.78 is 0. The lowest BCUT2D eigenvalue weighted by Gasteiger charge is -2.25. The summed E-state index contributed by atoms with van der Waals surface area (Å²) in [6.07, 6.45) is 6.52. The molecule has 1 aromatic rings. The predicted molar refractivity (Wildman–Crippen MR) is 55.0 cm³/mol. The van der Waals surface area contributed by atoms with E-state index >= 15 is 0 Å². The second-order valence-corrected chi connectivity index (χ2v) is 3.83. The molecule has 0 amide bonds. The zero-order chi connectivity index (χ0) is 9.26. The molecule has 2 N–H and O–H groups in total. The normalized spacial score (nSPS) is 21.0. The van der Waals surface area contributed by atoms with E-state index in [1.807, 2.05) is 18.3 Å². The van der Waals surface area contributed by atoms with Crippen molar-refractivity contribution < 1.29 is 0 Å². The SMILES string of the molecule is CC1CC(=Cc2ccc(N)nc2)C1. The zero-order valence-electron chi connectivity index (χ0n) is 7.83. The molecule has 1 fully saturated rings. The molecule has 0 unspecified atom stereocenters. The maximum Gasteiger partial charge on any atom is 0.123 e. The molecular formula is C11H14N2. The van der Waals surface area contributed by atoms with Crippen LogP contribution < -0.4 is 5.73 Å². The molecule has 0 bridgehead atoms. The maximum absolute atomic E-state index is 5.49. The third-order valence-electron chi connectivity index (χ3n) is 2.40. The zero-order valence-corrected chi connectivity index (χ0v) is 7.83. The fraction of sp³-hybridized carbons (Fsp3) is 0.364. The van der Waals surface area contributed by atoms with E-state index in [0.29, 0.717) is 5.82 Å². The number of nitrogens with zero attached hydrogens (tertiary/aromatic N) is 1. The number of aromatic nitrogens is 1. The van der Waals surface area contributed by atoms with Crippen molar-refractivity contribution in [2.24, 2.45) is 5.92 Å². The van der Waals surface area contributed by atoms with Gasteiger partial charge in [0.15, 0.2) is 0 Å². The predicted octanol–water partition coefficient (Wildman–Crippen LogP) is 2.48. The number of nitrogens with two attached hydrogens (primary N) is 1. The molecule has 0 saturated heterocycles. The summed E-state index contributed by atoms with van der Waals surface area (Å²) in [4.78, 5) is 4.04. The van der Waals surface area contributed by atoms with Gasteiger partial charge in [0.1, 0.15) is 5.82 Å². The maximum atomic E-state index is 5.49. The average Bonchev–Trinajstić information content (AvgIpc) is 2.06. The summed E-state index contributed by atoms with van der Waals surface area (Å²) in [5.74, 6) is 1.46. The first kappa shape index (κ1) is 8.30. The Morgan fingerprint density at radius 1 is 1.46 bits per heavy atom. The molecule has 0 aliphatic heterocycles. The van der Waals surface area contributed by atoms with Gasteiger partial charge in [-0.1, -0.05) is 18.6 Å². The number of allylic oxidation sites excluding steroid dienone is 1. The minimum Gasteiger partial charge on any atom is -0.384 e. The molecule has 1 heterocycles. The van der Waals surface area contributed by atoms with E-state index in [0.717, 1.165) is 11.5 Å². The molecule has 2 heteroatoms. The molecule has 1 aromatic heterocycles. The molecular weight excluding hydrogens is 160 g/mol. The van der Waals surface area contributed by atoms with Gasteiger partial charge in [-0.15, -0.1) is 0 Å². The molecule has 0 aromatic carbocycles. The van der Waals surface area contributed by atoms with Crippen molar-refractivity contribution in [3.8, 4) is 0 Å². The van der Waals surface area contributed by atoms with Crippen LogP contribution in [0.3, 0.4) is 0 Å². The first-order chi connectivity index (χ1) is 6.24. The van der Waals surface area contributed by atoms with Crippen molar-refractivity contribution in [3.05, 3.63) is 29.5 Å². The summed E-state index contributed by atoms with van der Waals surface area (Å²) in [6.45, 7) is 2.28. The Morgan fingerprint density at radius 2 is 2.23 bits per heavy atom. The smallest absolute Gasteiger partial charge is 0.123 e. The number of hydrogen-bond donors (Lipinski definition) is 1. The number of anilines is 1. The van der Waals surface area contributed by atoms with Gasteiger partial charge in [0.25, 0.3) is 0 Å². The van der Waals surface area contributed by atoms with E-state index in [1.54, 1.807) is 0 Å². The molecule has 0 spiro atoms. The van der Waals surface area contributed by atoms with Crippen LogP contribution in [0.4, 0.5) is 5.82 Å². The summed E-state index contributed by atoms with van der Waals surface area (Å²) in [5.41, 5.74) is 8.18. The number of nitrogen functional groups attached to an aromatic ring is 1. The number of hydrogen-bond acceptors (Lipinski definition) is 2. The van der Waals surface area contributed by atoms with Gasteiger partial charge in [-0.25, -0.2) is 4.98 Å². The third kappa shape index (κ3) is 1.89. The largest absolute Gasteiger partial charge is 0.384 e. The third-order valence-corrected chi connectivity index (χ3v) is 2.40. The van der Waals surface area contributed by atoms with Gasteiger partial charge in [0.05, 0.1) is 0 Å². The van der Waals surface area contributed by atoms with Crippen molar-refractivity contribution in [1.82, 2.24) is 4.98 Å². The van der Waals surface area contributed by atoms with E-state index in [1.165, 1.54) is 18.4 Å². The molecule has 1 aliphatic carbocycles. The lowest BCUT2D eigenvalue weighted by molar-refractivity contribution is 0.464. The summed E-state index contributed by atoms with van der Waals surface area (Å²) >= 11 is 0. The lowest BCUT2D eigenvalue weighted by Crippen LogP contribution is -2.09. The summed E-state index contributed by atoms with van der Waals surface area (Å²) in [6, 6.07) is 3.85. The minimum absolute atomic E-state index is 0.587. The summed E-state index contributed by atoms with van der Waals surface area (Å²) in [5, 5.41) is 0. The Morgan fingerprint density at radius 3 is 2.77 bits per heavy atom. The van der Waals surface area contributed by atoms with Crippen LogP contribution in [-0.4, -0.2) is 4.98 Å². The summed E-state index contributed by atoms with van der Waals surface area (Å²) in [7, 11) is 0. The highest BCUT2D eigenvalue weighted by Crippen LogP contribution is 2.33. The van der Waals surface area contributed by atoms with Gasteiger partial charge in [-0.2, -0.15) is 0 Å². The van der Waals surface area contributed by atoms with Crippen LogP contribution >= 0.6 is 0 Å². The first-order valence-electron chi connectivity index (χ1n) is 4.65. The van der Waals surface area contributed by atoms with E-state index in [-0.39, 0.29) is 0 Å². The molecule has 2 rings (SSSR count). The van der Waals surface area contributed by atoms with Crippen LogP contribution in [0.15, 0.2) is 23.9 Å². The van der Waals surface area contributed by atoms with Gasteiger partial charge < -0.3 is 5.73 Å². The fourth-order valence-corrected chi connectivity index (χ4v) is 1.69.